The van der Waals surface area contributed by atoms with Gasteiger partial charge in [0, 0.05) is 35.0 Å². The van der Waals surface area contributed by atoms with Gasteiger partial charge in [-0.15, -0.1) is 24.0 Å². The molecule has 1 aliphatic heterocycles. The molecule has 1 heterocycles. The molecule has 1 aromatic carbocycles. The van der Waals surface area contributed by atoms with Gasteiger partial charge in [-0.1, -0.05) is 17.7 Å². The van der Waals surface area contributed by atoms with Crippen molar-refractivity contribution in [2.45, 2.75) is 18.3 Å². The van der Waals surface area contributed by atoms with Gasteiger partial charge in [-0.25, -0.2) is 4.39 Å². The van der Waals surface area contributed by atoms with Gasteiger partial charge in [0.15, 0.2) is 5.96 Å². The van der Waals surface area contributed by atoms with Gasteiger partial charge in [-0.05, 0) is 30.5 Å². The van der Waals surface area contributed by atoms with Crippen LogP contribution < -0.4 is 5.73 Å². The van der Waals surface area contributed by atoms with E-state index in [0.29, 0.717) is 17.5 Å². The molecule has 1 aromatic rings. The van der Waals surface area contributed by atoms with Crippen LogP contribution in [0.1, 0.15) is 18.4 Å². The minimum Gasteiger partial charge on any atom is -0.370 e. The third-order valence-corrected chi connectivity index (χ3v) is 5.49. The molecule has 0 atom stereocenters. The van der Waals surface area contributed by atoms with Crippen molar-refractivity contribution in [3.8, 4) is 0 Å². The predicted octanol–water partition coefficient (Wildman–Crippen LogP) is 3.49. The Morgan fingerprint density at radius 2 is 2.05 bits per heavy atom. The Morgan fingerprint density at radius 1 is 1.36 bits per heavy atom. The number of halogens is 3. The molecule has 3 rings (SSSR count). The summed E-state index contributed by atoms with van der Waals surface area (Å²) in [6, 6.07) is 4.63. The molecule has 0 unspecified atom stereocenters. The van der Waals surface area contributed by atoms with Crippen LogP contribution in [0.4, 0.5) is 4.39 Å². The lowest BCUT2D eigenvalue weighted by Gasteiger charge is -2.27. The average molecular weight is 456 g/mol. The smallest absolute Gasteiger partial charge is 0.191 e. The van der Waals surface area contributed by atoms with Crippen molar-refractivity contribution in [2.75, 3.05) is 31.1 Å². The highest BCUT2D eigenvalue weighted by atomic mass is 127. The van der Waals surface area contributed by atoms with Gasteiger partial charge in [0.25, 0.3) is 0 Å². The van der Waals surface area contributed by atoms with Crippen LogP contribution in [-0.2, 0) is 5.41 Å². The maximum Gasteiger partial charge on any atom is 0.191 e. The molecule has 2 fully saturated rings. The monoisotopic (exact) mass is 455 g/mol. The van der Waals surface area contributed by atoms with Crippen molar-refractivity contribution in [1.29, 1.82) is 0 Å². The highest BCUT2D eigenvalue weighted by molar-refractivity contribution is 14.0. The molecule has 1 saturated heterocycles. The standard InChI is InChI=1S/C15H19ClFN3S.HI/c16-13-9-11(17)1-2-12(13)15(3-4-15)10-19-14(18)20-5-7-21-8-6-20;/h1-2,9H,3-8,10H2,(H2,18,19);1H. The quantitative estimate of drug-likeness (QED) is 0.431. The van der Waals surface area contributed by atoms with Gasteiger partial charge in [-0.3, -0.25) is 4.99 Å². The summed E-state index contributed by atoms with van der Waals surface area (Å²) in [5.41, 5.74) is 7.05. The van der Waals surface area contributed by atoms with Crippen LogP contribution in [0.2, 0.25) is 5.02 Å². The molecule has 2 N–H and O–H groups in total. The summed E-state index contributed by atoms with van der Waals surface area (Å²) in [6.07, 6.45) is 2.07. The summed E-state index contributed by atoms with van der Waals surface area (Å²) in [5, 5.41) is 0.496. The first-order valence-corrected chi connectivity index (χ1v) is 8.72. The highest BCUT2D eigenvalue weighted by Crippen LogP contribution is 2.50. The van der Waals surface area contributed by atoms with Crippen LogP contribution in [0.15, 0.2) is 23.2 Å². The number of nitrogens with two attached hydrogens (primary N) is 1. The zero-order valence-corrected chi connectivity index (χ0v) is 16.1. The molecule has 7 heteroatoms. The lowest BCUT2D eigenvalue weighted by atomic mass is 9.96. The first-order chi connectivity index (χ1) is 10.1. The molecule has 1 aliphatic carbocycles. The number of hydrogen-bond acceptors (Lipinski definition) is 2. The molecule has 3 nitrogen and oxygen atoms in total. The van der Waals surface area contributed by atoms with E-state index in [2.05, 4.69) is 9.89 Å². The fourth-order valence-electron chi connectivity index (χ4n) is 2.71. The second kappa shape index (κ2) is 7.57. The molecule has 22 heavy (non-hydrogen) atoms. The van der Waals surface area contributed by atoms with Gasteiger partial charge >= 0.3 is 0 Å². The number of aliphatic imine (C=N–C) groups is 1. The number of benzene rings is 1. The second-order valence-corrected chi connectivity index (χ2v) is 7.31. The number of hydrogen-bond donors (Lipinski definition) is 1. The number of rotatable bonds is 3. The van der Waals surface area contributed by atoms with Gasteiger partial charge in [0.1, 0.15) is 5.82 Å². The molecule has 0 aromatic heterocycles. The van der Waals surface area contributed by atoms with Gasteiger partial charge in [0.2, 0.25) is 0 Å². The topological polar surface area (TPSA) is 41.6 Å². The normalized spacial score (nSPS) is 20.5. The molecule has 0 spiro atoms. The van der Waals surface area contributed by atoms with Crippen LogP contribution in [0.25, 0.3) is 0 Å². The maximum atomic E-state index is 13.2. The zero-order valence-electron chi connectivity index (χ0n) is 12.2. The molecule has 0 amide bonds. The van der Waals surface area contributed by atoms with Gasteiger partial charge in [-0.2, -0.15) is 11.8 Å². The van der Waals surface area contributed by atoms with Crippen LogP contribution in [0.5, 0.6) is 0 Å². The lowest BCUT2D eigenvalue weighted by molar-refractivity contribution is 0.454. The molecule has 0 radical (unpaired) electrons. The fourth-order valence-corrected chi connectivity index (χ4v) is 3.98. The minimum absolute atomic E-state index is 0. The molecular weight excluding hydrogens is 436 g/mol. The van der Waals surface area contributed by atoms with E-state index in [-0.39, 0.29) is 35.2 Å². The van der Waals surface area contributed by atoms with Crippen molar-refractivity contribution in [3.63, 3.8) is 0 Å². The molecule has 122 valence electrons. The fraction of sp³-hybridized carbons (Fsp3) is 0.533. The molecule has 2 aliphatic rings. The largest absolute Gasteiger partial charge is 0.370 e. The van der Waals surface area contributed by atoms with Crippen molar-refractivity contribution in [3.05, 3.63) is 34.6 Å². The summed E-state index contributed by atoms with van der Waals surface area (Å²) in [7, 11) is 0. The first kappa shape index (κ1) is 18.1. The van der Waals surface area contributed by atoms with Gasteiger partial charge < -0.3 is 10.6 Å². The number of nitrogens with zero attached hydrogens (tertiary/aromatic N) is 2. The summed E-state index contributed by atoms with van der Waals surface area (Å²) >= 11 is 8.13. The van der Waals surface area contributed by atoms with E-state index >= 15 is 0 Å². The van der Waals surface area contributed by atoms with Crippen LogP contribution >= 0.6 is 47.3 Å². The zero-order chi connectivity index (χ0) is 14.9. The Kier molecular flexibility index (Phi) is 6.24. The number of guanidine groups is 1. The summed E-state index contributed by atoms with van der Waals surface area (Å²) in [5.74, 6) is 2.53. The van der Waals surface area contributed by atoms with Crippen LogP contribution in [0, 0.1) is 5.82 Å². The first-order valence-electron chi connectivity index (χ1n) is 7.19. The third kappa shape index (κ3) is 4.00. The molecule has 0 bridgehead atoms. The van der Waals surface area contributed by atoms with E-state index in [9.17, 15) is 4.39 Å². The van der Waals surface area contributed by atoms with Crippen molar-refractivity contribution >= 4 is 53.3 Å². The Hall–Kier alpha value is -0.210. The maximum absolute atomic E-state index is 13.2. The summed E-state index contributed by atoms with van der Waals surface area (Å²) in [6.45, 7) is 2.56. The van der Waals surface area contributed by atoms with E-state index in [4.69, 9.17) is 17.3 Å². The van der Waals surface area contributed by atoms with Crippen molar-refractivity contribution in [1.82, 2.24) is 4.90 Å². The molecule has 1 saturated carbocycles. The van der Waals surface area contributed by atoms with Crippen LogP contribution in [0.3, 0.4) is 0 Å². The van der Waals surface area contributed by atoms with E-state index in [1.165, 1.54) is 12.1 Å². The summed E-state index contributed by atoms with van der Waals surface area (Å²) < 4.78 is 13.2. The van der Waals surface area contributed by atoms with E-state index in [1.807, 2.05) is 11.8 Å². The van der Waals surface area contributed by atoms with E-state index in [1.54, 1.807) is 6.07 Å². The third-order valence-electron chi connectivity index (χ3n) is 4.23. The Labute approximate surface area is 156 Å². The Balaban J connectivity index is 0.00000176. The minimum atomic E-state index is -0.298. The lowest BCUT2D eigenvalue weighted by Crippen LogP contribution is -2.43. The van der Waals surface area contributed by atoms with Crippen molar-refractivity contribution in [2.24, 2.45) is 10.7 Å². The van der Waals surface area contributed by atoms with E-state index < -0.39 is 0 Å². The Morgan fingerprint density at radius 3 is 2.64 bits per heavy atom. The van der Waals surface area contributed by atoms with E-state index in [0.717, 1.165) is 43.0 Å². The second-order valence-electron chi connectivity index (χ2n) is 5.68. The molecular formula is C15H20ClFIN3S. The Bertz CT molecular complexity index is 560. The van der Waals surface area contributed by atoms with Gasteiger partial charge in [0.05, 0.1) is 6.54 Å². The summed E-state index contributed by atoms with van der Waals surface area (Å²) in [4.78, 5) is 6.72. The average Bonchev–Trinajstić information content (AvgIpc) is 3.26. The highest BCUT2D eigenvalue weighted by Gasteiger charge is 2.45. The van der Waals surface area contributed by atoms with Crippen LogP contribution in [-0.4, -0.2) is 42.0 Å². The SMILES string of the molecule is I.NC(=NCC1(c2ccc(F)cc2Cl)CC1)N1CCSCC1. The predicted molar refractivity (Wildman–Crippen MR) is 103 cm³/mol. The number of thioether (sulfide) groups is 1. The van der Waals surface area contributed by atoms with Crippen molar-refractivity contribution < 1.29 is 4.39 Å².